The lowest BCUT2D eigenvalue weighted by molar-refractivity contribution is 0.288. The Bertz CT molecular complexity index is 420. The third-order valence-electron chi connectivity index (χ3n) is 3.85. The minimum Gasteiger partial charge on any atom is -0.497 e. The number of ether oxygens (including phenoxy) is 2. The van der Waals surface area contributed by atoms with Crippen LogP contribution >= 0.6 is 0 Å². The SMILES string of the molecule is CCC(CCCOc1ccc(OC)cc1C(C)(C)C)NC. The summed E-state index contributed by atoms with van der Waals surface area (Å²) in [6.45, 7) is 9.56. The molecule has 0 saturated carbocycles. The van der Waals surface area contributed by atoms with Gasteiger partial charge in [0.1, 0.15) is 11.5 Å². The molecule has 0 bridgehead atoms. The molecule has 1 rings (SSSR count). The van der Waals surface area contributed by atoms with E-state index in [0.29, 0.717) is 6.04 Å². The zero-order chi connectivity index (χ0) is 15.9. The van der Waals surface area contributed by atoms with E-state index in [-0.39, 0.29) is 5.41 Å². The van der Waals surface area contributed by atoms with Crippen molar-refractivity contribution in [3.8, 4) is 11.5 Å². The molecule has 0 heterocycles. The summed E-state index contributed by atoms with van der Waals surface area (Å²) < 4.78 is 11.3. The average molecular weight is 293 g/mol. The molecule has 0 aliphatic heterocycles. The number of nitrogens with one attached hydrogen (secondary N) is 1. The highest BCUT2D eigenvalue weighted by Crippen LogP contribution is 2.34. The van der Waals surface area contributed by atoms with E-state index in [0.717, 1.165) is 37.4 Å². The molecule has 3 nitrogen and oxygen atoms in total. The molecule has 0 saturated heterocycles. The van der Waals surface area contributed by atoms with E-state index in [2.05, 4.69) is 39.1 Å². The predicted octanol–water partition coefficient (Wildman–Crippen LogP) is 4.15. The van der Waals surface area contributed by atoms with Crippen molar-refractivity contribution in [1.29, 1.82) is 0 Å². The van der Waals surface area contributed by atoms with Gasteiger partial charge in [-0.05, 0) is 49.9 Å². The van der Waals surface area contributed by atoms with Crippen molar-refractivity contribution >= 4 is 0 Å². The molecule has 0 aliphatic rings. The lowest BCUT2D eigenvalue weighted by Gasteiger charge is -2.23. The van der Waals surface area contributed by atoms with Crippen LogP contribution in [0.2, 0.25) is 0 Å². The van der Waals surface area contributed by atoms with Crippen LogP contribution in [0.25, 0.3) is 0 Å². The van der Waals surface area contributed by atoms with Gasteiger partial charge in [-0.1, -0.05) is 27.7 Å². The van der Waals surface area contributed by atoms with Crippen molar-refractivity contribution in [2.75, 3.05) is 20.8 Å². The van der Waals surface area contributed by atoms with Gasteiger partial charge in [0, 0.05) is 11.6 Å². The topological polar surface area (TPSA) is 30.5 Å². The van der Waals surface area contributed by atoms with E-state index in [1.807, 2.05) is 19.2 Å². The van der Waals surface area contributed by atoms with E-state index in [1.54, 1.807) is 7.11 Å². The molecule has 21 heavy (non-hydrogen) atoms. The number of hydrogen-bond donors (Lipinski definition) is 1. The first kappa shape index (κ1) is 17.8. The first-order chi connectivity index (χ1) is 9.92. The fourth-order valence-electron chi connectivity index (χ4n) is 2.41. The fraction of sp³-hybridized carbons (Fsp3) is 0.667. The summed E-state index contributed by atoms with van der Waals surface area (Å²) in [5.74, 6) is 1.86. The second-order valence-corrected chi connectivity index (χ2v) is 6.50. The molecule has 1 aromatic carbocycles. The Kier molecular flexibility index (Phi) is 7.03. The van der Waals surface area contributed by atoms with Crippen LogP contribution in [-0.2, 0) is 5.41 Å². The number of benzene rings is 1. The summed E-state index contributed by atoms with van der Waals surface area (Å²) in [6, 6.07) is 6.66. The van der Waals surface area contributed by atoms with Crippen LogP contribution in [0.15, 0.2) is 18.2 Å². The van der Waals surface area contributed by atoms with Crippen LogP contribution in [0.3, 0.4) is 0 Å². The lowest BCUT2D eigenvalue weighted by atomic mass is 9.86. The smallest absolute Gasteiger partial charge is 0.123 e. The summed E-state index contributed by atoms with van der Waals surface area (Å²) in [5, 5.41) is 3.33. The Morgan fingerprint density at radius 3 is 2.48 bits per heavy atom. The van der Waals surface area contributed by atoms with Crippen molar-refractivity contribution in [3.05, 3.63) is 23.8 Å². The normalized spacial score (nSPS) is 13.0. The number of hydrogen-bond acceptors (Lipinski definition) is 3. The Balaban J connectivity index is 2.66. The standard InChI is InChI=1S/C18H31NO2/c1-7-14(19-5)9-8-12-21-17-11-10-15(20-6)13-16(17)18(2,3)4/h10-11,13-14,19H,7-9,12H2,1-6H3. The van der Waals surface area contributed by atoms with E-state index < -0.39 is 0 Å². The molecule has 0 radical (unpaired) electrons. The highest BCUT2D eigenvalue weighted by molar-refractivity contribution is 5.44. The molecule has 120 valence electrons. The minimum atomic E-state index is 0.0425. The van der Waals surface area contributed by atoms with Crippen LogP contribution in [0.1, 0.15) is 52.5 Å². The molecule has 0 spiro atoms. The summed E-state index contributed by atoms with van der Waals surface area (Å²) >= 11 is 0. The first-order valence-corrected chi connectivity index (χ1v) is 7.91. The van der Waals surface area contributed by atoms with Gasteiger partial charge >= 0.3 is 0 Å². The van der Waals surface area contributed by atoms with Crippen LogP contribution < -0.4 is 14.8 Å². The van der Waals surface area contributed by atoms with Gasteiger partial charge in [0.05, 0.1) is 13.7 Å². The van der Waals surface area contributed by atoms with Gasteiger partial charge in [0.25, 0.3) is 0 Å². The van der Waals surface area contributed by atoms with Crippen LogP contribution in [-0.4, -0.2) is 26.8 Å². The Hall–Kier alpha value is -1.22. The molecule has 0 amide bonds. The van der Waals surface area contributed by atoms with Crippen LogP contribution in [0, 0.1) is 0 Å². The Labute approximate surface area is 130 Å². The first-order valence-electron chi connectivity index (χ1n) is 7.91. The van der Waals surface area contributed by atoms with Crippen molar-refractivity contribution in [2.45, 2.75) is 58.4 Å². The molecular weight excluding hydrogens is 262 g/mol. The lowest BCUT2D eigenvalue weighted by Crippen LogP contribution is -2.24. The van der Waals surface area contributed by atoms with Crippen molar-refractivity contribution < 1.29 is 9.47 Å². The van der Waals surface area contributed by atoms with Crippen LogP contribution in [0.4, 0.5) is 0 Å². The maximum Gasteiger partial charge on any atom is 0.123 e. The molecule has 0 fully saturated rings. The third kappa shape index (κ3) is 5.58. The van der Waals surface area contributed by atoms with Gasteiger partial charge in [-0.3, -0.25) is 0 Å². The monoisotopic (exact) mass is 293 g/mol. The van der Waals surface area contributed by atoms with Crippen molar-refractivity contribution in [1.82, 2.24) is 5.32 Å². The highest BCUT2D eigenvalue weighted by Gasteiger charge is 2.20. The summed E-state index contributed by atoms with van der Waals surface area (Å²) in [5.41, 5.74) is 1.24. The van der Waals surface area contributed by atoms with Crippen molar-refractivity contribution in [2.24, 2.45) is 0 Å². The highest BCUT2D eigenvalue weighted by atomic mass is 16.5. The maximum atomic E-state index is 6.02. The van der Waals surface area contributed by atoms with Gasteiger partial charge in [0.2, 0.25) is 0 Å². The molecular formula is C18H31NO2. The van der Waals surface area contributed by atoms with E-state index >= 15 is 0 Å². The Morgan fingerprint density at radius 1 is 1.24 bits per heavy atom. The molecule has 1 aromatic rings. The molecule has 1 N–H and O–H groups in total. The van der Waals surface area contributed by atoms with Gasteiger partial charge in [-0.25, -0.2) is 0 Å². The maximum absolute atomic E-state index is 6.02. The average Bonchev–Trinajstić information content (AvgIpc) is 2.46. The van der Waals surface area contributed by atoms with Gasteiger partial charge in [0.15, 0.2) is 0 Å². The number of methoxy groups -OCH3 is 1. The van der Waals surface area contributed by atoms with E-state index in [1.165, 1.54) is 5.56 Å². The molecule has 1 atom stereocenters. The molecule has 1 unspecified atom stereocenters. The zero-order valence-corrected chi connectivity index (χ0v) is 14.5. The minimum absolute atomic E-state index is 0.0425. The van der Waals surface area contributed by atoms with Gasteiger partial charge in [-0.15, -0.1) is 0 Å². The van der Waals surface area contributed by atoms with Gasteiger partial charge < -0.3 is 14.8 Å². The Morgan fingerprint density at radius 2 is 1.95 bits per heavy atom. The summed E-state index contributed by atoms with van der Waals surface area (Å²) in [6.07, 6.45) is 3.37. The molecule has 0 aliphatic carbocycles. The largest absolute Gasteiger partial charge is 0.497 e. The quantitative estimate of drug-likeness (QED) is 0.730. The summed E-state index contributed by atoms with van der Waals surface area (Å²) in [4.78, 5) is 0. The summed E-state index contributed by atoms with van der Waals surface area (Å²) in [7, 11) is 3.72. The van der Waals surface area contributed by atoms with Crippen LogP contribution in [0.5, 0.6) is 11.5 Å². The second kappa shape index (κ2) is 8.28. The third-order valence-corrected chi connectivity index (χ3v) is 3.85. The van der Waals surface area contributed by atoms with Crippen molar-refractivity contribution in [3.63, 3.8) is 0 Å². The fourth-order valence-corrected chi connectivity index (χ4v) is 2.41. The zero-order valence-electron chi connectivity index (χ0n) is 14.5. The number of rotatable bonds is 8. The predicted molar refractivity (Wildman–Crippen MR) is 89.6 cm³/mol. The molecule has 0 aromatic heterocycles. The van der Waals surface area contributed by atoms with E-state index in [4.69, 9.17) is 9.47 Å². The van der Waals surface area contributed by atoms with Gasteiger partial charge in [-0.2, -0.15) is 0 Å². The van der Waals surface area contributed by atoms with E-state index in [9.17, 15) is 0 Å². The molecule has 3 heteroatoms. The second-order valence-electron chi connectivity index (χ2n) is 6.50.